The minimum atomic E-state index is -5.22. The van der Waals surface area contributed by atoms with Gasteiger partial charge >= 0.3 is 6.18 Å². The highest BCUT2D eigenvalue weighted by atomic mass is 35.5. The number of alkyl halides is 3. The van der Waals surface area contributed by atoms with E-state index >= 15 is 0 Å². The molecule has 0 aliphatic carbocycles. The van der Waals surface area contributed by atoms with Gasteiger partial charge in [0.1, 0.15) is 5.82 Å². The molecule has 9 heteroatoms. The fraction of sp³-hybridized carbons (Fsp3) is 0.133. The second kappa shape index (κ2) is 6.29. The predicted octanol–water partition coefficient (Wildman–Crippen LogP) is 3.54. The van der Waals surface area contributed by atoms with Gasteiger partial charge in [0.05, 0.1) is 10.7 Å². The number of aromatic hydroxyl groups is 1. The Morgan fingerprint density at radius 1 is 1.17 bits per heavy atom. The summed E-state index contributed by atoms with van der Waals surface area (Å²) in [5.74, 6) is -3.29. The zero-order valence-electron chi connectivity index (χ0n) is 11.9. The van der Waals surface area contributed by atoms with E-state index in [9.17, 15) is 27.5 Å². The van der Waals surface area contributed by atoms with Gasteiger partial charge in [0.15, 0.2) is 5.75 Å². The van der Waals surface area contributed by atoms with Crippen LogP contribution in [0.3, 0.4) is 0 Å². The number of carbonyl (C=O) groups excluding carboxylic acids is 1. The number of carbonyl (C=O) groups is 1. The van der Waals surface area contributed by atoms with Gasteiger partial charge in [-0.05, 0) is 29.8 Å². The molecule has 1 atom stereocenters. The van der Waals surface area contributed by atoms with Crippen molar-refractivity contribution in [1.29, 1.82) is 0 Å². The zero-order valence-corrected chi connectivity index (χ0v) is 12.6. The molecule has 24 heavy (non-hydrogen) atoms. The summed E-state index contributed by atoms with van der Waals surface area (Å²) in [4.78, 5) is 12.2. The van der Waals surface area contributed by atoms with Crippen LogP contribution in [0.25, 0.3) is 0 Å². The molecule has 128 valence electrons. The van der Waals surface area contributed by atoms with E-state index in [1.807, 2.05) is 5.32 Å². The second-order valence-electron chi connectivity index (χ2n) is 4.91. The molecule has 2 rings (SSSR count). The van der Waals surface area contributed by atoms with Crippen molar-refractivity contribution >= 4 is 23.2 Å². The lowest BCUT2D eigenvalue weighted by molar-refractivity contribution is -0.191. The molecule has 0 spiro atoms. The minimum Gasteiger partial charge on any atom is -0.504 e. The first-order chi connectivity index (χ1) is 11.1. The molecule has 0 saturated carbocycles. The summed E-state index contributed by atoms with van der Waals surface area (Å²) in [5, 5.41) is 11.4. The fourth-order valence-corrected chi connectivity index (χ4v) is 2.17. The van der Waals surface area contributed by atoms with Crippen LogP contribution in [-0.4, -0.2) is 17.2 Å². The second-order valence-corrected chi connectivity index (χ2v) is 5.31. The van der Waals surface area contributed by atoms with E-state index in [1.54, 1.807) is 0 Å². The van der Waals surface area contributed by atoms with Gasteiger partial charge in [-0.3, -0.25) is 4.79 Å². The number of phenolic OH excluding ortho intramolecular Hbond substituents is 1. The summed E-state index contributed by atoms with van der Waals surface area (Å²) in [6.45, 7) is 0. The lowest BCUT2D eigenvalue weighted by Crippen LogP contribution is -2.58. The molecule has 0 aliphatic rings. The Labute approximate surface area is 138 Å². The number of anilines is 1. The van der Waals surface area contributed by atoms with E-state index in [0.29, 0.717) is 6.07 Å². The first-order valence-corrected chi connectivity index (χ1v) is 6.85. The third kappa shape index (κ3) is 3.15. The van der Waals surface area contributed by atoms with E-state index in [1.165, 1.54) is 12.1 Å². The van der Waals surface area contributed by atoms with Gasteiger partial charge < -0.3 is 16.2 Å². The van der Waals surface area contributed by atoms with Crippen LogP contribution >= 0.6 is 11.6 Å². The summed E-state index contributed by atoms with van der Waals surface area (Å²) < 4.78 is 53.7. The predicted molar refractivity (Wildman–Crippen MR) is 80.1 cm³/mol. The van der Waals surface area contributed by atoms with Crippen molar-refractivity contribution in [1.82, 2.24) is 0 Å². The number of rotatable bonds is 3. The molecule has 0 unspecified atom stereocenters. The number of nitrogens with two attached hydrogens (primary N) is 1. The third-order valence-corrected chi connectivity index (χ3v) is 3.63. The Morgan fingerprint density at radius 2 is 1.79 bits per heavy atom. The fourth-order valence-electron chi connectivity index (χ4n) is 1.99. The maximum atomic E-state index is 13.5. The van der Waals surface area contributed by atoms with Gasteiger partial charge in [-0.2, -0.15) is 13.2 Å². The molecular weight excluding hydrogens is 352 g/mol. The molecule has 2 aromatic rings. The number of amides is 1. The van der Waals surface area contributed by atoms with E-state index in [0.717, 1.165) is 24.3 Å². The van der Waals surface area contributed by atoms with Gasteiger partial charge in [0, 0.05) is 0 Å². The van der Waals surface area contributed by atoms with Crippen LogP contribution in [0, 0.1) is 5.82 Å². The zero-order chi connectivity index (χ0) is 18.1. The highest BCUT2D eigenvalue weighted by Crippen LogP contribution is 2.39. The van der Waals surface area contributed by atoms with Gasteiger partial charge in [0.2, 0.25) is 5.54 Å². The van der Waals surface area contributed by atoms with Crippen LogP contribution in [0.5, 0.6) is 5.75 Å². The number of para-hydroxylation sites is 1. The molecule has 0 saturated heterocycles. The summed E-state index contributed by atoms with van der Waals surface area (Å²) >= 11 is 5.63. The SMILES string of the molecule is N[C@@](C(=O)Nc1cccc(Cl)c1O)(c1cccc(F)c1)C(F)(F)F. The lowest BCUT2D eigenvalue weighted by atomic mass is 9.89. The van der Waals surface area contributed by atoms with E-state index in [2.05, 4.69) is 0 Å². The van der Waals surface area contributed by atoms with Gasteiger partial charge in [-0.15, -0.1) is 0 Å². The van der Waals surface area contributed by atoms with Crippen molar-refractivity contribution in [2.45, 2.75) is 11.7 Å². The molecular formula is C15H11ClF4N2O2. The Balaban J connectivity index is 2.49. The Morgan fingerprint density at radius 3 is 2.38 bits per heavy atom. The molecule has 4 nitrogen and oxygen atoms in total. The topological polar surface area (TPSA) is 75.4 Å². The van der Waals surface area contributed by atoms with E-state index < -0.39 is 34.8 Å². The molecule has 0 fully saturated rings. The quantitative estimate of drug-likeness (QED) is 0.577. The number of hydrogen-bond donors (Lipinski definition) is 3. The van der Waals surface area contributed by atoms with Crippen molar-refractivity contribution < 1.29 is 27.5 Å². The van der Waals surface area contributed by atoms with Crippen LogP contribution in [-0.2, 0) is 10.3 Å². The Bertz CT molecular complexity index is 782. The van der Waals surface area contributed by atoms with Crippen molar-refractivity contribution in [3.05, 3.63) is 58.9 Å². The molecule has 1 amide bonds. The number of phenols is 1. The third-order valence-electron chi connectivity index (χ3n) is 3.32. The van der Waals surface area contributed by atoms with Gasteiger partial charge in [-0.1, -0.05) is 29.8 Å². The van der Waals surface area contributed by atoms with Crippen molar-refractivity contribution in [3.63, 3.8) is 0 Å². The molecule has 2 aromatic carbocycles. The minimum absolute atomic E-state index is 0.173. The highest BCUT2D eigenvalue weighted by molar-refractivity contribution is 6.32. The maximum absolute atomic E-state index is 13.5. The summed E-state index contributed by atoms with van der Waals surface area (Å²) in [5.41, 5.74) is 0.661. The molecule has 4 N–H and O–H groups in total. The molecule has 0 radical (unpaired) electrons. The monoisotopic (exact) mass is 362 g/mol. The number of halogens is 5. The smallest absolute Gasteiger partial charge is 0.419 e. The number of benzene rings is 2. The largest absolute Gasteiger partial charge is 0.504 e. The van der Waals surface area contributed by atoms with Crippen LogP contribution < -0.4 is 11.1 Å². The first-order valence-electron chi connectivity index (χ1n) is 6.48. The Hall–Kier alpha value is -2.32. The lowest BCUT2D eigenvalue weighted by Gasteiger charge is -2.31. The number of hydrogen-bond acceptors (Lipinski definition) is 3. The van der Waals surface area contributed by atoms with Crippen LogP contribution in [0.15, 0.2) is 42.5 Å². The van der Waals surface area contributed by atoms with Crippen molar-refractivity contribution in [2.75, 3.05) is 5.32 Å². The Kier molecular flexibility index (Phi) is 4.73. The standard InChI is InChI=1S/C15H11ClF4N2O2/c16-10-5-2-6-11(12(10)23)22-13(24)14(21,15(18,19)20)8-3-1-4-9(17)7-8/h1-7,23H,21H2,(H,22,24)/t14-/m1/s1. The molecule has 0 aliphatic heterocycles. The normalized spacial score (nSPS) is 14.1. The van der Waals surface area contributed by atoms with E-state index in [4.69, 9.17) is 17.3 Å². The van der Waals surface area contributed by atoms with Crippen molar-refractivity contribution in [3.8, 4) is 5.75 Å². The molecule has 0 bridgehead atoms. The highest BCUT2D eigenvalue weighted by Gasteiger charge is 2.59. The van der Waals surface area contributed by atoms with Crippen LogP contribution in [0.4, 0.5) is 23.2 Å². The summed E-state index contributed by atoms with van der Waals surface area (Å²) in [6.07, 6.45) is -5.22. The van der Waals surface area contributed by atoms with E-state index in [-0.39, 0.29) is 10.7 Å². The van der Waals surface area contributed by atoms with Gasteiger partial charge in [0.25, 0.3) is 5.91 Å². The molecule has 0 heterocycles. The average molecular weight is 363 g/mol. The van der Waals surface area contributed by atoms with Crippen LogP contribution in [0.1, 0.15) is 5.56 Å². The molecule has 0 aromatic heterocycles. The average Bonchev–Trinajstić information content (AvgIpc) is 2.49. The van der Waals surface area contributed by atoms with Crippen molar-refractivity contribution in [2.24, 2.45) is 5.73 Å². The first kappa shape index (κ1) is 18.0. The van der Waals surface area contributed by atoms with Crippen LogP contribution in [0.2, 0.25) is 5.02 Å². The number of nitrogens with one attached hydrogen (secondary N) is 1. The maximum Gasteiger partial charge on any atom is 0.419 e. The summed E-state index contributed by atoms with van der Waals surface area (Å²) in [6, 6.07) is 7.05. The summed E-state index contributed by atoms with van der Waals surface area (Å²) in [7, 11) is 0. The van der Waals surface area contributed by atoms with Gasteiger partial charge in [-0.25, -0.2) is 4.39 Å².